The first-order valence-corrected chi connectivity index (χ1v) is 8.66. The summed E-state index contributed by atoms with van der Waals surface area (Å²) in [6.07, 6.45) is 1.61. The topological polar surface area (TPSA) is 130 Å². The van der Waals surface area contributed by atoms with Crippen molar-refractivity contribution >= 4 is 28.4 Å². The van der Waals surface area contributed by atoms with Crippen molar-refractivity contribution in [2.45, 2.75) is 13.3 Å². The molecule has 0 saturated heterocycles. The average Bonchev–Trinajstić information content (AvgIpc) is 2.68. The zero-order valence-electron chi connectivity index (χ0n) is 15.2. The maximum absolute atomic E-state index is 14.1. The van der Waals surface area contributed by atoms with Gasteiger partial charge in [-0.25, -0.2) is 14.4 Å². The maximum atomic E-state index is 14.1. The van der Waals surface area contributed by atoms with Crippen LogP contribution in [0.15, 0.2) is 30.6 Å². The van der Waals surface area contributed by atoms with Gasteiger partial charge in [0.2, 0.25) is 0 Å². The van der Waals surface area contributed by atoms with Crippen LogP contribution in [0.5, 0.6) is 0 Å². The summed E-state index contributed by atoms with van der Waals surface area (Å²) >= 11 is 0. The number of amides is 1. The first kappa shape index (κ1) is 19.0. The third-order valence-electron chi connectivity index (χ3n) is 4.11. The number of nitrogens with one attached hydrogen (secondary N) is 2. The molecule has 8 nitrogen and oxygen atoms in total. The van der Waals surface area contributed by atoms with Gasteiger partial charge in [-0.05, 0) is 25.1 Å². The fourth-order valence-corrected chi connectivity index (χ4v) is 2.79. The highest BCUT2D eigenvalue weighted by Crippen LogP contribution is 2.21. The van der Waals surface area contributed by atoms with E-state index in [0.717, 1.165) is 0 Å². The number of fused-ring (bicyclic) bond motifs is 1. The molecule has 0 radical (unpaired) electrons. The van der Waals surface area contributed by atoms with Gasteiger partial charge in [-0.3, -0.25) is 9.78 Å². The predicted octanol–water partition coefficient (Wildman–Crippen LogP) is 2.02. The average molecular weight is 379 g/mol. The molecule has 1 amide bonds. The van der Waals surface area contributed by atoms with Gasteiger partial charge in [0.1, 0.15) is 35.4 Å². The van der Waals surface area contributed by atoms with Gasteiger partial charge >= 0.3 is 0 Å². The van der Waals surface area contributed by atoms with Crippen LogP contribution in [0, 0.1) is 17.1 Å². The van der Waals surface area contributed by atoms with Crippen LogP contribution in [-0.4, -0.2) is 33.9 Å². The molecule has 2 heterocycles. The maximum Gasteiger partial charge on any atom is 0.253 e. The Kier molecular flexibility index (Phi) is 5.60. The van der Waals surface area contributed by atoms with Crippen LogP contribution < -0.4 is 16.4 Å². The largest absolute Gasteiger partial charge is 0.382 e. The highest BCUT2D eigenvalue weighted by atomic mass is 19.1. The number of hydrogen-bond donors (Lipinski definition) is 3. The van der Waals surface area contributed by atoms with Crippen LogP contribution in [0.25, 0.3) is 10.9 Å². The van der Waals surface area contributed by atoms with Gasteiger partial charge in [0, 0.05) is 24.9 Å². The Morgan fingerprint density at radius 2 is 2.18 bits per heavy atom. The molecule has 0 spiro atoms. The molecule has 142 valence electrons. The van der Waals surface area contributed by atoms with Gasteiger partial charge in [0.25, 0.3) is 5.91 Å². The molecule has 3 rings (SSSR count). The van der Waals surface area contributed by atoms with Crippen molar-refractivity contribution in [2.75, 3.05) is 24.1 Å². The fourth-order valence-electron chi connectivity index (χ4n) is 2.79. The summed E-state index contributed by atoms with van der Waals surface area (Å²) in [6.45, 7) is 2.58. The Morgan fingerprint density at radius 1 is 1.36 bits per heavy atom. The Bertz CT molecular complexity index is 1080. The van der Waals surface area contributed by atoms with E-state index < -0.39 is 5.82 Å². The number of nitriles is 1. The van der Waals surface area contributed by atoms with Crippen molar-refractivity contribution in [1.29, 1.82) is 5.26 Å². The summed E-state index contributed by atoms with van der Waals surface area (Å²) < 4.78 is 14.1. The van der Waals surface area contributed by atoms with E-state index in [-0.39, 0.29) is 22.7 Å². The monoisotopic (exact) mass is 379 g/mol. The minimum Gasteiger partial charge on any atom is -0.382 e. The van der Waals surface area contributed by atoms with Crippen molar-refractivity contribution in [2.24, 2.45) is 0 Å². The molecule has 28 heavy (non-hydrogen) atoms. The molecule has 0 fully saturated rings. The first-order valence-electron chi connectivity index (χ1n) is 8.66. The smallest absolute Gasteiger partial charge is 0.253 e. The Morgan fingerprint density at radius 3 is 2.93 bits per heavy atom. The van der Waals surface area contributed by atoms with Gasteiger partial charge < -0.3 is 16.4 Å². The molecule has 9 heteroatoms. The van der Waals surface area contributed by atoms with Crippen molar-refractivity contribution in [3.05, 3.63) is 53.2 Å². The number of carbonyl (C=O) groups is 1. The third-order valence-corrected chi connectivity index (χ3v) is 4.11. The summed E-state index contributed by atoms with van der Waals surface area (Å²) in [7, 11) is 0. The molecule has 0 bridgehead atoms. The van der Waals surface area contributed by atoms with Gasteiger partial charge in [-0.1, -0.05) is 6.07 Å². The first-order chi connectivity index (χ1) is 13.5. The summed E-state index contributed by atoms with van der Waals surface area (Å²) in [4.78, 5) is 24.7. The molecule has 0 aliphatic carbocycles. The van der Waals surface area contributed by atoms with Gasteiger partial charge in [0.05, 0.1) is 16.8 Å². The van der Waals surface area contributed by atoms with E-state index in [0.29, 0.717) is 42.1 Å². The molecular weight excluding hydrogens is 361 g/mol. The summed E-state index contributed by atoms with van der Waals surface area (Å²) in [5.41, 5.74) is 7.11. The van der Waals surface area contributed by atoms with E-state index in [4.69, 9.17) is 5.73 Å². The SMILES string of the molecule is CCNC(=O)c1cc2c(F)cccc2nc1CCNc1ncnc(N)c1C#N. The van der Waals surface area contributed by atoms with Crippen LogP contribution in [-0.2, 0) is 6.42 Å². The van der Waals surface area contributed by atoms with Gasteiger partial charge in [-0.2, -0.15) is 5.26 Å². The number of rotatable bonds is 6. The minimum atomic E-state index is -0.435. The van der Waals surface area contributed by atoms with E-state index >= 15 is 0 Å². The number of benzene rings is 1. The number of nitrogen functional groups attached to an aromatic ring is 1. The van der Waals surface area contributed by atoms with E-state index in [2.05, 4.69) is 25.6 Å². The molecule has 0 unspecified atom stereocenters. The standard InChI is InChI=1S/C19H18FN7O/c1-2-23-19(28)12-8-11-14(20)4-3-5-15(11)27-16(12)6-7-24-18-13(9-21)17(22)25-10-26-18/h3-5,8,10H,2,6-7H2,1H3,(H,23,28)(H3,22,24,25,26). The lowest BCUT2D eigenvalue weighted by Gasteiger charge is -2.12. The summed E-state index contributed by atoms with van der Waals surface area (Å²) in [5.74, 6) is -0.363. The highest BCUT2D eigenvalue weighted by molar-refractivity contribution is 5.98. The molecule has 3 aromatic rings. The lowest BCUT2D eigenvalue weighted by atomic mass is 10.1. The highest BCUT2D eigenvalue weighted by Gasteiger charge is 2.16. The summed E-state index contributed by atoms with van der Waals surface area (Å²) in [5, 5.41) is 15.2. The molecule has 0 aliphatic rings. The number of aromatic nitrogens is 3. The van der Waals surface area contributed by atoms with Crippen LogP contribution in [0.3, 0.4) is 0 Å². The lowest BCUT2D eigenvalue weighted by molar-refractivity contribution is 0.0954. The van der Waals surface area contributed by atoms with Crippen LogP contribution >= 0.6 is 0 Å². The molecule has 0 aliphatic heterocycles. The van der Waals surface area contributed by atoms with E-state index in [9.17, 15) is 14.4 Å². The number of halogens is 1. The Balaban J connectivity index is 1.89. The van der Waals surface area contributed by atoms with Crippen molar-refractivity contribution in [3.8, 4) is 6.07 Å². The van der Waals surface area contributed by atoms with Crippen LogP contribution in [0.4, 0.5) is 16.0 Å². The van der Waals surface area contributed by atoms with Crippen LogP contribution in [0.1, 0.15) is 28.5 Å². The third kappa shape index (κ3) is 3.81. The second kappa shape index (κ2) is 8.26. The van der Waals surface area contributed by atoms with Crippen LogP contribution in [0.2, 0.25) is 0 Å². The zero-order valence-corrected chi connectivity index (χ0v) is 15.2. The molecule has 0 saturated carbocycles. The Labute approximate surface area is 160 Å². The number of carbonyl (C=O) groups excluding carboxylic acids is 1. The molecular formula is C19H18FN7O. The quantitative estimate of drug-likeness (QED) is 0.597. The molecule has 0 atom stereocenters. The molecule has 4 N–H and O–H groups in total. The fraction of sp³-hybridized carbons (Fsp3) is 0.211. The lowest BCUT2D eigenvalue weighted by Crippen LogP contribution is -2.25. The number of hydrogen-bond acceptors (Lipinski definition) is 7. The van der Waals surface area contributed by atoms with Crippen molar-refractivity contribution in [3.63, 3.8) is 0 Å². The molecule has 1 aromatic carbocycles. The van der Waals surface area contributed by atoms with Crippen molar-refractivity contribution < 1.29 is 9.18 Å². The van der Waals surface area contributed by atoms with E-state index in [1.165, 1.54) is 18.5 Å². The van der Waals surface area contributed by atoms with Gasteiger partial charge in [-0.15, -0.1) is 0 Å². The molecule has 2 aromatic heterocycles. The van der Waals surface area contributed by atoms with Crippen molar-refractivity contribution in [1.82, 2.24) is 20.3 Å². The minimum absolute atomic E-state index is 0.0855. The normalized spacial score (nSPS) is 10.5. The number of pyridine rings is 1. The predicted molar refractivity (Wildman–Crippen MR) is 103 cm³/mol. The number of nitrogens with two attached hydrogens (primary N) is 1. The number of nitrogens with zero attached hydrogens (tertiary/aromatic N) is 4. The second-order valence-electron chi connectivity index (χ2n) is 5.92. The zero-order chi connectivity index (χ0) is 20.1. The Hall–Kier alpha value is -3.80. The van der Waals surface area contributed by atoms with Gasteiger partial charge in [0.15, 0.2) is 0 Å². The van der Waals surface area contributed by atoms with E-state index in [1.54, 1.807) is 19.1 Å². The second-order valence-corrected chi connectivity index (χ2v) is 5.92. The number of anilines is 2. The van der Waals surface area contributed by atoms with E-state index in [1.807, 2.05) is 6.07 Å². The summed E-state index contributed by atoms with van der Waals surface area (Å²) in [6, 6.07) is 8.06.